The number of benzene rings is 1. The van der Waals surface area contributed by atoms with Gasteiger partial charge in [-0.2, -0.15) is 4.98 Å². The van der Waals surface area contributed by atoms with Crippen molar-refractivity contribution >= 4 is 5.95 Å². The van der Waals surface area contributed by atoms with Crippen LogP contribution in [0.1, 0.15) is 19.4 Å². The summed E-state index contributed by atoms with van der Waals surface area (Å²) in [6, 6.07) is 9.58. The number of nitrogens with zero attached hydrogens (tertiary/aromatic N) is 2. The molecule has 1 heterocycles. The quantitative estimate of drug-likeness (QED) is 0.877. The summed E-state index contributed by atoms with van der Waals surface area (Å²) in [6.45, 7) is 4.52. The van der Waals surface area contributed by atoms with E-state index in [-0.39, 0.29) is 6.10 Å². The third-order valence-electron chi connectivity index (χ3n) is 2.62. The molecule has 0 radical (unpaired) electrons. The van der Waals surface area contributed by atoms with Gasteiger partial charge >= 0.3 is 0 Å². The summed E-state index contributed by atoms with van der Waals surface area (Å²) in [5, 5.41) is 3.17. The minimum atomic E-state index is 0.0898. The summed E-state index contributed by atoms with van der Waals surface area (Å²) in [6.07, 6.45) is 1.77. The van der Waals surface area contributed by atoms with Crippen LogP contribution >= 0.6 is 0 Å². The zero-order chi connectivity index (χ0) is 14.4. The molecule has 1 aromatic carbocycles. The smallest absolute Gasteiger partial charge is 0.226 e. The summed E-state index contributed by atoms with van der Waals surface area (Å²) in [4.78, 5) is 8.47. The molecule has 0 unspecified atom stereocenters. The van der Waals surface area contributed by atoms with E-state index in [0.29, 0.717) is 18.4 Å². The Morgan fingerprint density at radius 1 is 1.20 bits per heavy atom. The maximum absolute atomic E-state index is 5.54. The predicted octanol–water partition coefficient (Wildman–Crippen LogP) is 2.88. The van der Waals surface area contributed by atoms with E-state index in [1.165, 1.54) is 0 Å². The third kappa shape index (κ3) is 3.85. The largest absolute Gasteiger partial charge is 0.496 e. The van der Waals surface area contributed by atoms with Crippen LogP contribution in [-0.4, -0.2) is 23.2 Å². The van der Waals surface area contributed by atoms with Gasteiger partial charge in [-0.3, -0.25) is 0 Å². The van der Waals surface area contributed by atoms with Crippen LogP contribution < -0.4 is 14.8 Å². The van der Waals surface area contributed by atoms with Crippen molar-refractivity contribution in [2.45, 2.75) is 26.5 Å². The van der Waals surface area contributed by atoms with E-state index in [1.54, 1.807) is 19.4 Å². The van der Waals surface area contributed by atoms with Crippen molar-refractivity contribution in [1.82, 2.24) is 9.97 Å². The van der Waals surface area contributed by atoms with Gasteiger partial charge in [0.15, 0.2) is 0 Å². The van der Waals surface area contributed by atoms with E-state index in [2.05, 4.69) is 15.3 Å². The normalized spacial score (nSPS) is 10.4. The van der Waals surface area contributed by atoms with Gasteiger partial charge in [0.2, 0.25) is 11.8 Å². The maximum Gasteiger partial charge on any atom is 0.226 e. The molecule has 0 bridgehead atoms. The molecular formula is C15H19N3O2. The van der Waals surface area contributed by atoms with E-state index in [1.807, 2.05) is 38.1 Å². The molecule has 5 nitrogen and oxygen atoms in total. The fraction of sp³-hybridized carbons (Fsp3) is 0.333. The second-order valence-electron chi connectivity index (χ2n) is 4.55. The Morgan fingerprint density at radius 3 is 2.75 bits per heavy atom. The number of hydrogen-bond donors (Lipinski definition) is 1. The number of ether oxygens (including phenoxy) is 2. The first-order valence-electron chi connectivity index (χ1n) is 6.54. The zero-order valence-electron chi connectivity index (χ0n) is 12.0. The van der Waals surface area contributed by atoms with Crippen LogP contribution in [0.25, 0.3) is 0 Å². The van der Waals surface area contributed by atoms with Gasteiger partial charge in [-0.1, -0.05) is 18.2 Å². The standard InChI is InChI=1S/C15H19N3O2/c1-11(2)20-14-8-9-16-15(18-14)17-10-12-6-4-5-7-13(12)19-3/h4-9,11H,10H2,1-3H3,(H,16,17,18). The maximum atomic E-state index is 5.54. The minimum absolute atomic E-state index is 0.0898. The number of aromatic nitrogens is 2. The molecule has 0 amide bonds. The highest BCUT2D eigenvalue weighted by atomic mass is 16.5. The lowest BCUT2D eigenvalue weighted by molar-refractivity contribution is 0.232. The first kappa shape index (κ1) is 14.1. The molecule has 1 aromatic heterocycles. The van der Waals surface area contributed by atoms with Gasteiger partial charge in [0.05, 0.1) is 13.2 Å². The summed E-state index contributed by atoms with van der Waals surface area (Å²) in [7, 11) is 1.66. The molecular weight excluding hydrogens is 254 g/mol. The molecule has 0 aliphatic carbocycles. The average Bonchev–Trinajstić information content (AvgIpc) is 2.45. The van der Waals surface area contributed by atoms with E-state index in [4.69, 9.17) is 9.47 Å². The molecule has 0 saturated carbocycles. The lowest BCUT2D eigenvalue weighted by atomic mass is 10.2. The van der Waals surface area contributed by atoms with Crippen LogP contribution in [0.15, 0.2) is 36.5 Å². The molecule has 0 atom stereocenters. The van der Waals surface area contributed by atoms with Crippen LogP contribution in [-0.2, 0) is 6.54 Å². The fourth-order valence-corrected chi connectivity index (χ4v) is 1.76. The van der Waals surface area contributed by atoms with Gasteiger partial charge in [0.1, 0.15) is 5.75 Å². The second-order valence-corrected chi connectivity index (χ2v) is 4.55. The van der Waals surface area contributed by atoms with Crippen LogP contribution in [0.2, 0.25) is 0 Å². The Kier molecular flexibility index (Phi) is 4.76. The van der Waals surface area contributed by atoms with Crippen molar-refractivity contribution in [1.29, 1.82) is 0 Å². The number of para-hydroxylation sites is 1. The lowest BCUT2D eigenvalue weighted by Gasteiger charge is -2.11. The number of nitrogens with one attached hydrogen (secondary N) is 1. The highest BCUT2D eigenvalue weighted by Crippen LogP contribution is 2.18. The molecule has 0 spiro atoms. The Labute approximate surface area is 119 Å². The van der Waals surface area contributed by atoms with Crippen LogP contribution in [0.4, 0.5) is 5.95 Å². The average molecular weight is 273 g/mol. The number of rotatable bonds is 6. The summed E-state index contributed by atoms with van der Waals surface area (Å²) in [5.74, 6) is 1.95. The Bertz CT molecular complexity index is 558. The fourth-order valence-electron chi connectivity index (χ4n) is 1.76. The Balaban J connectivity index is 2.03. The van der Waals surface area contributed by atoms with Crippen LogP contribution in [0.3, 0.4) is 0 Å². The monoisotopic (exact) mass is 273 g/mol. The lowest BCUT2D eigenvalue weighted by Crippen LogP contribution is -2.09. The topological polar surface area (TPSA) is 56.3 Å². The SMILES string of the molecule is COc1ccccc1CNc1nccc(OC(C)C)n1. The van der Waals surface area contributed by atoms with Gasteiger partial charge < -0.3 is 14.8 Å². The first-order chi connectivity index (χ1) is 9.69. The van der Waals surface area contributed by atoms with Gasteiger partial charge in [-0.15, -0.1) is 0 Å². The summed E-state index contributed by atoms with van der Waals surface area (Å²) < 4.78 is 10.8. The molecule has 106 valence electrons. The Hall–Kier alpha value is -2.30. The first-order valence-corrected chi connectivity index (χ1v) is 6.54. The van der Waals surface area contributed by atoms with Crippen molar-refractivity contribution in [2.75, 3.05) is 12.4 Å². The van der Waals surface area contributed by atoms with Gasteiger partial charge in [-0.05, 0) is 19.9 Å². The van der Waals surface area contributed by atoms with E-state index in [9.17, 15) is 0 Å². The van der Waals surface area contributed by atoms with E-state index < -0.39 is 0 Å². The zero-order valence-corrected chi connectivity index (χ0v) is 12.0. The molecule has 2 aromatic rings. The van der Waals surface area contributed by atoms with Crippen LogP contribution in [0, 0.1) is 0 Å². The van der Waals surface area contributed by atoms with Gasteiger partial charge in [0, 0.05) is 24.4 Å². The molecule has 1 N–H and O–H groups in total. The molecule has 0 aliphatic rings. The van der Waals surface area contributed by atoms with Gasteiger partial charge in [-0.25, -0.2) is 4.98 Å². The number of hydrogen-bond acceptors (Lipinski definition) is 5. The predicted molar refractivity (Wildman–Crippen MR) is 78.1 cm³/mol. The van der Waals surface area contributed by atoms with Gasteiger partial charge in [0.25, 0.3) is 0 Å². The van der Waals surface area contributed by atoms with Crippen molar-refractivity contribution in [2.24, 2.45) is 0 Å². The highest BCUT2D eigenvalue weighted by molar-refractivity contribution is 5.37. The van der Waals surface area contributed by atoms with Crippen molar-refractivity contribution < 1.29 is 9.47 Å². The molecule has 5 heteroatoms. The van der Waals surface area contributed by atoms with Crippen molar-refractivity contribution in [3.63, 3.8) is 0 Å². The summed E-state index contributed by atoms with van der Waals surface area (Å²) >= 11 is 0. The molecule has 20 heavy (non-hydrogen) atoms. The van der Waals surface area contributed by atoms with Crippen molar-refractivity contribution in [3.05, 3.63) is 42.1 Å². The highest BCUT2D eigenvalue weighted by Gasteiger charge is 2.04. The number of anilines is 1. The van der Waals surface area contributed by atoms with E-state index >= 15 is 0 Å². The van der Waals surface area contributed by atoms with Crippen LogP contribution in [0.5, 0.6) is 11.6 Å². The molecule has 2 rings (SSSR count). The molecule has 0 saturated heterocycles. The molecule has 0 fully saturated rings. The molecule has 0 aliphatic heterocycles. The third-order valence-corrected chi connectivity index (χ3v) is 2.62. The second kappa shape index (κ2) is 6.75. The van der Waals surface area contributed by atoms with Crippen molar-refractivity contribution in [3.8, 4) is 11.6 Å². The minimum Gasteiger partial charge on any atom is -0.496 e. The number of methoxy groups -OCH3 is 1. The summed E-state index contributed by atoms with van der Waals surface area (Å²) in [5.41, 5.74) is 1.05. The Morgan fingerprint density at radius 2 is 2.00 bits per heavy atom. The van der Waals surface area contributed by atoms with E-state index in [0.717, 1.165) is 11.3 Å².